The van der Waals surface area contributed by atoms with Crippen molar-refractivity contribution in [2.75, 3.05) is 39.3 Å². The van der Waals surface area contributed by atoms with E-state index in [1.165, 1.54) is 0 Å². The Labute approximate surface area is 95.4 Å². The summed E-state index contributed by atoms with van der Waals surface area (Å²) < 4.78 is 2.86. The molecule has 1 rings (SSSR count). The summed E-state index contributed by atoms with van der Waals surface area (Å²) in [6.07, 6.45) is 0.954. The number of hydrogen-bond acceptors (Lipinski definition) is 4. The van der Waals surface area contributed by atoms with E-state index in [9.17, 15) is 4.79 Å². The van der Waals surface area contributed by atoms with Crippen molar-refractivity contribution in [3.8, 4) is 0 Å². The van der Waals surface area contributed by atoms with Crippen LogP contribution < -0.4 is 10.6 Å². The Kier molecular flexibility index (Phi) is 7.03. The first-order chi connectivity index (χ1) is 6.84. The van der Waals surface area contributed by atoms with Crippen LogP contribution in [0.25, 0.3) is 0 Å². The summed E-state index contributed by atoms with van der Waals surface area (Å²) in [5, 5.41) is 6.66. The van der Waals surface area contributed by atoms with E-state index in [1.54, 1.807) is 0 Å². The fourth-order valence-corrected chi connectivity index (χ4v) is 4.09. The number of rotatable bonds is 3. The molecule has 0 spiro atoms. The van der Waals surface area contributed by atoms with E-state index in [0.29, 0.717) is 4.73 Å². The molecule has 0 atom stereocenters. The van der Waals surface area contributed by atoms with Gasteiger partial charge in [0.1, 0.15) is 0 Å². The Morgan fingerprint density at radius 1 is 1.21 bits per heavy atom. The standard InChI is InChI=1S/C6H14N3.C2H3O.ClH.Ti/c1-2-8-5-6-9-4-3-7-1;1-2-3;;/h7-8H,1-6H2;2H,1H2;1H;/q-1;;;+2/p-1. The van der Waals surface area contributed by atoms with Crippen LogP contribution in [0.5, 0.6) is 0 Å². The van der Waals surface area contributed by atoms with Gasteiger partial charge in [0, 0.05) is 0 Å². The fraction of sp³-hybridized carbons (Fsp3) is 0.875. The van der Waals surface area contributed by atoms with E-state index in [2.05, 4.69) is 14.0 Å². The zero-order valence-electron chi connectivity index (χ0n) is 8.26. The van der Waals surface area contributed by atoms with Gasteiger partial charge in [0.2, 0.25) is 0 Å². The van der Waals surface area contributed by atoms with Crippen molar-refractivity contribution in [3.05, 3.63) is 0 Å². The summed E-state index contributed by atoms with van der Waals surface area (Å²) in [5.74, 6) is 0. The molecule has 1 saturated heterocycles. The molecular weight excluding hydrogens is 237 g/mol. The molecule has 0 bridgehead atoms. The Balaban J connectivity index is 2.34. The number of aldehydes is 1. The molecule has 4 nitrogen and oxygen atoms in total. The van der Waals surface area contributed by atoms with Crippen molar-refractivity contribution in [3.63, 3.8) is 0 Å². The molecule has 1 aliphatic heterocycles. The summed E-state index contributed by atoms with van der Waals surface area (Å²) in [4.78, 5) is 10.4. The molecule has 0 unspecified atom stereocenters. The second-order valence-electron chi connectivity index (χ2n) is 3.23. The first kappa shape index (κ1) is 12.6. The SMILES string of the molecule is O=C[CH2][Ti]([Cl])[N]1CCNCCNCC1. The van der Waals surface area contributed by atoms with Crippen LogP contribution in [-0.4, -0.2) is 48.9 Å². The summed E-state index contributed by atoms with van der Waals surface area (Å²) in [5.41, 5.74) is 0. The molecule has 0 aromatic rings. The molecule has 6 heteroatoms. The van der Waals surface area contributed by atoms with Gasteiger partial charge in [-0.15, -0.1) is 0 Å². The molecule has 81 valence electrons. The van der Waals surface area contributed by atoms with Gasteiger partial charge < -0.3 is 0 Å². The molecule has 2 N–H and O–H groups in total. The predicted molar refractivity (Wildman–Crippen MR) is 54.0 cm³/mol. The van der Waals surface area contributed by atoms with Gasteiger partial charge in [-0.1, -0.05) is 0 Å². The third-order valence-corrected chi connectivity index (χ3v) is 6.37. The van der Waals surface area contributed by atoms with E-state index in [0.717, 1.165) is 45.6 Å². The van der Waals surface area contributed by atoms with Crippen LogP contribution in [0.2, 0.25) is 4.73 Å². The van der Waals surface area contributed by atoms with Crippen LogP contribution in [0.1, 0.15) is 0 Å². The van der Waals surface area contributed by atoms with Crippen LogP contribution in [0.15, 0.2) is 0 Å². The van der Waals surface area contributed by atoms with Crippen molar-refractivity contribution in [1.82, 2.24) is 14.0 Å². The van der Waals surface area contributed by atoms with Gasteiger partial charge in [0.05, 0.1) is 0 Å². The second-order valence-corrected chi connectivity index (χ2v) is 7.83. The van der Waals surface area contributed by atoms with Crippen LogP contribution in [0, 0.1) is 0 Å². The molecule has 0 aromatic carbocycles. The maximum absolute atomic E-state index is 10.4. The van der Waals surface area contributed by atoms with Gasteiger partial charge in [-0.3, -0.25) is 0 Å². The van der Waals surface area contributed by atoms with Gasteiger partial charge >= 0.3 is 95.5 Å². The molecule has 1 aliphatic rings. The summed E-state index contributed by atoms with van der Waals surface area (Å²) in [6.45, 7) is 5.94. The molecule has 14 heavy (non-hydrogen) atoms. The van der Waals surface area contributed by atoms with E-state index in [4.69, 9.17) is 9.30 Å². The van der Waals surface area contributed by atoms with Crippen molar-refractivity contribution >= 4 is 15.6 Å². The molecule has 0 amide bonds. The first-order valence-corrected chi connectivity index (χ1v) is 8.91. The maximum atomic E-state index is 10.4. The van der Waals surface area contributed by atoms with Crippen LogP contribution in [-0.2, 0) is 21.9 Å². The molecule has 0 radical (unpaired) electrons. The number of hydrogen-bond donors (Lipinski definition) is 2. The summed E-state index contributed by atoms with van der Waals surface area (Å²) in [7, 11) is 6.24. The predicted octanol–water partition coefficient (Wildman–Crippen LogP) is -0.215. The first-order valence-electron chi connectivity index (χ1n) is 4.96. The van der Waals surface area contributed by atoms with E-state index in [1.807, 2.05) is 0 Å². The minimum atomic E-state index is -1.76. The number of carbonyl (C=O) groups is 1. The van der Waals surface area contributed by atoms with Gasteiger partial charge in [0.25, 0.3) is 0 Å². The van der Waals surface area contributed by atoms with Crippen molar-refractivity contribution in [2.24, 2.45) is 0 Å². The zero-order chi connectivity index (χ0) is 10.2. The normalized spacial score (nSPS) is 20.6. The molecule has 0 aliphatic carbocycles. The minimum absolute atomic E-state index is 0.571. The third kappa shape index (κ3) is 4.87. The molecular formula is C8H17ClN3OTi. The number of halogens is 1. The number of carbonyl (C=O) groups excluding carboxylic acids is 1. The van der Waals surface area contributed by atoms with E-state index >= 15 is 0 Å². The molecule has 0 aromatic heterocycles. The van der Waals surface area contributed by atoms with Crippen molar-refractivity contribution in [1.29, 1.82) is 0 Å². The molecule has 1 fully saturated rings. The average Bonchev–Trinajstić information content (AvgIpc) is 2.30. The summed E-state index contributed by atoms with van der Waals surface area (Å²) >= 11 is -1.76. The molecule has 1 heterocycles. The Bertz CT molecular complexity index is 163. The van der Waals surface area contributed by atoms with Crippen molar-refractivity contribution in [2.45, 2.75) is 4.73 Å². The van der Waals surface area contributed by atoms with Crippen LogP contribution >= 0.6 is 9.30 Å². The number of nitrogens with one attached hydrogen (secondary N) is 2. The number of nitrogens with zero attached hydrogens (tertiary/aromatic N) is 1. The average molecular weight is 255 g/mol. The third-order valence-electron chi connectivity index (χ3n) is 2.19. The summed E-state index contributed by atoms with van der Waals surface area (Å²) in [6, 6.07) is 0. The van der Waals surface area contributed by atoms with Crippen LogP contribution in [0.3, 0.4) is 0 Å². The Morgan fingerprint density at radius 3 is 2.29 bits per heavy atom. The van der Waals surface area contributed by atoms with E-state index < -0.39 is 17.1 Å². The Hall–Kier alpha value is 0.554. The van der Waals surface area contributed by atoms with Gasteiger partial charge in [-0.25, -0.2) is 0 Å². The monoisotopic (exact) mass is 254 g/mol. The fourth-order valence-electron chi connectivity index (χ4n) is 1.41. The molecule has 0 saturated carbocycles. The van der Waals surface area contributed by atoms with Gasteiger partial charge in [-0.2, -0.15) is 0 Å². The van der Waals surface area contributed by atoms with Crippen LogP contribution in [0.4, 0.5) is 0 Å². The zero-order valence-corrected chi connectivity index (χ0v) is 10.6. The Morgan fingerprint density at radius 2 is 1.79 bits per heavy atom. The van der Waals surface area contributed by atoms with E-state index in [-0.39, 0.29) is 0 Å². The van der Waals surface area contributed by atoms with Crippen molar-refractivity contribution < 1.29 is 21.9 Å². The topological polar surface area (TPSA) is 44.4 Å². The second kappa shape index (κ2) is 7.80. The van der Waals surface area contributed by atoms with Gasteiger partial charge in [-0.05, 0) is 0 Å². The van der Waals surface area contributed by atoms with Gasteiger partial charge in [0.15, 0.2) is 0 Å². The quantitative estimate of drug-likeness (QED) is 0.540.